The number of ketones is 1. The van der Waals surface area contributed by atoms with E-state index in [-0.39, 0.29) is 5.78 Å². The van der Waals surface area contributed by atoms with Gasteiger partial charge in [0.05, 0.1) is 7.11 Å². The highest BCUT2D eigenvalue weighted by Crippen LogP contribution is 2.21. The highest BCUT2D eigenvalue weighted by Gasteiger charge is 2.09. The first kappa shape index (κ1) is 11.5. The molecule has 4 nitrogen and oxygen atoms in total. The monoisotopic (exact) mass is 230 g/mol. The minimum absolute atomic E-state index is 0.123. The summed E-state index contributed by atoms with van der Waals surface area (Å²) in [7, 11) is 1.56. The van der Waals surface area contributed by atoms with Crippen LogP contribution in [0.25, 0.3) is 10.9 Å². The number of fused-ring (bicyclic) bond motifs is 1. The highest BCUT2D eigenvalue weighted by molar-refractivity contribution is 5.99. The molecule has 0 radical (unpaired) electrons. The van der Waals surface area contributed by atoms with E-state index in [4.69, 9.17) is 4.74 Å². The summed E-state index contributed by atoms with van der Waals surface area (Å²) in [5, 5.41) is 0.874. The van der Waals surface area contributed by atoms with E-state index in [1.165, 1.54) is 0 Å². The first-order valence-corrected chi connectivity index (χ1v) is 5.58. The Hall–Kier alpha value is -1.97. The second-order valence-corrected chi connectivity index (χ2v) is 3.79. The number of pyridine rings is 2. The van der Waals surface area contributed by atoms with Crippen LogP contribution in [0.3, 0.4) is 0 Å². The van der Waals surface area contributed by atoms with Crippen LogP contribution < -0.4 is 4.74 Å². The maximum Gasteiger partial charge on any atom is 0.240 e. The molecule has 2 rings (SSSR count). The molecule has 0 atom stereocenters. The van der Waals surface area contributed by atoms with Gasteiger partial charge < -0.3 is 4.74 Å². The minimum Gasteiger partial charge on any atom is -0.479 e. The molecule has 0 aliphatic rings. The average molecular weight is 230 g/mol. The molecule has 2 aromatic rings. The summed E-state index contributed by atoms with van der Waals surface area (Å²) >= 11 is 0. The van der Waals surface area contributed by atoms with Crippen LogP contribution in [-0.4, -0.2) is 22.9 Å². The van der Waals surface area contributed by atoms with E-state index in [0.717, 1.165) is 11.8 Å². The predicted octanol–water partition coefficient (Wildman–Crippen LogP) is 2.62. The summed E-state index contributed by atoms with van der Waals surface area (Å²) in [4.78, 5) is 20.1. The lowest BCUT2D eigenvalue weighted by Crippen LogP contribution is -2.00. The number of carbonyl (C=O) groups excluding carboxylic acids is 1. The third-order valence-electron chi connectivity index (χ3n) is 2.56. The number of nitrogens with zero attached hydrogens (tertiary/aromatic N) is 2. The van der Waals surface area contributed by atoms with Crippen molar-refractivity contribution in [3.8, 4) is 5.88 Å². The maximum atomic E-state index is 11.8. The van der Waals surface area contributed by atoms with Gasteiger partial charge in [-0.15, -0.1) is 0 Å². The largest absolute Gasteiger partial charge is 0.479 e. The van der Waals surface area contributed by atoms with E-state index in [9.17, 15) is 4.79 Å². The van der Waals surface area contributed by atoms with Gasteiger partial charge in [0.15, 0.2) is 5.78 Å². The van der Waals surface area contributed by atoms with Crippen LogP contribution in [-0.2, 0) is 0 Å². The van der Waals surface area contributed by atoms with Crippen molar-refractivity contribution in [3.63, 3.8) is 0 Å². The van der Waals surface area contributed by atoms with Crippen LogP contribution in [0.5, 0.6) is 5.88 Å². The van der Waals surface area contributed by atoms with Gasteiger partial charge in [0, 0.05) is 29.8 Å². The van der Waals surface area contributed by atoms with Crippen LogP contribution in [0.15, 0.2) is 24.5 Å². The Labute approximate surface area is 99.7 Å². The lowest BCUT2D eigenvalue weighted by Gasteiger charge is -2.04. The third kappa shape index (κ3) is 2.25. The van der Waals surface area contributed by atoms with Crippen LogP contribution in [0.1, 0.15) is 30.1 Å². The standard InChI is InChI=1S/C13H14N2O2/c1-3-4-11(16)10-7-9-5-6-14-13(17-2)12(9)15-8-10/h5-8H,3-4H2,1-2H3. The molecule has 0 bridgehead atoms. The smallest absolute Gasteiger partial charge is 0.240 e. The molecule has 17 heavy (non-hydrogen) atoms. The van der Waals surface area contributed by atoms with Crippen LogP contribution in [0.2, 0.25) is 0 Å². The molecule has 0 unspecified atom stereocenters. The molecule has 0 aliphatic carbocycles. The van der Waals surface area contributed by atoms with Gasteiger partial charge >= 0.3 is 0 Å². The molecule has 2 aromatic heterocycles. The summed E-state index contributed by atoms with van der Waals surface area (Å²) in [6, 6.07) is 3.66. The number of carbonyl (C=O) groups is 1. The van der Waals surface area contributed by atoms with Gasteiger partial charge in [-0.25, -0.2) is 9.97 Å². The molecular formula is C13H14N2O2. The van der Waals surface area contributed by atoms with Gasteiger partial charge in [0.25, 0.3) is 0 Å². The summed E-state index contributed by atoms with van der Waals surface area (Å²) in [6.45, 7) is 1.99. The average Bonchev–Trinajstić information content (AvgIpc) is 2.37. The van der Waals surface area contributed by atoms with Crippen molar-refractivity contribution in [1.29, 1.82) is 0 Å². The quantitative estimate of drug-likeness (QED) is 0.757. The molecule has 0 fully saturated rings. The minimum atomic E-state index is 0.123. The van der Waals surface area contributed by atoms with E-state index in [1.807, 2.05) is 19.1 Å². The number of Topliss-reactive ketones (excluding diaryl/α,β-unsaturated/α-hetero) is 1. The zero-order chi connectivity index (χ0) is 12.3. The number of ether oxygens (including phenoxy) is 1. The van der Waals surface area contributed by atoms with Gasteiger partial charge in [-0.05, 0) is 18.6 Å². The lowest BCUT2D eigenvalue weighted by atomic mass is 10.1. The summed E-state index contributed by atoms with van der Waals surface area (Å²) in [5.74, 6) is 0.606. The molecule has 88 valence electrons. The van der Waals surface area contributed by atoms with E-state index in [1.54, 1.807) is 19.5 Å². The number of hydrogen-bond donors (Lipinski definition) is 0. The fourth-order valence-corrected chi connectivity index (χ4v) is 1.71. The van der Waals surface area contributed by atoms with Crippen LogP contribution >= 0.6 is 0 Å². The fraction of sp³-hybridized carbons (Fsp3) is 0.308. The van der Waals surface area contributed by atoms with Gasteiger partial charge in [0.1, 0.15) is 5.52 Å². The van der Waals surface area contributed by atoms with Crippen molar-refractivity contribution >= 4 is 16.7 Å². The second-order valence-electron chi connectivity index (χ2n) is 3.79. The summed E-state index contributed by atoms with van der Waals surface area (Å²) in [6.07, 6.45) is 4.63. The number of rotatable bonds is 4. The van der Waals surface area contributed by atoms with Crippen molar-refractivity contribution in [2.24, 2.45) is 0 Å². The number of hydrogen-bond acceptors (Lipinski definition) is 4. The van der Waals surface area contributed by atoms with Crippen LogP contribution in [0, 0.1) is 0 Å². The van der Waals surface area contributed by atoms with Crippen molar-refractivity contribution in [3.05, 3.63) is 30.1 Å². The van der Waals surface area contributed by atoms with Crippen molar-refractivity contribution < 1.29 is 9.53 Å². The SMILES string of the molecule is CCCC(=O)c1cnc2c(OC)nccc2c1. The topological polar surface area (TPSA) is 52.1 Å². The predicted molar refractivity (Wildman–Crippen MR) is 65.3 cm³/mol. The highest BCUT2D eigenvalue weighted by atomic mass is 16.5. The van der Waals surface area contributed by atoms with E-state index < -0.39 is 0 Å². The molecule has 4 heteroatoms. The van der Waals surface area contributed by atoms with Crippen molar-refractivity contribution in [2.75, 3.05) is 7.11 Å². The lowest BCUT2D eigenvalue weighted by molar-refractivity contribution is 0.0981. The Bertz CT molecular complexity index is 552. The molecular weight excluding hydrogens is 216 g/mol. The first-order valence-electron chi connectivity index (χ1n) is 5.58. The van der Waals surface area contributed by atoms with Crippen molar-refractivity contribution in [2.45, 2.75) is 19.8 Å². The third-order valence-corrected chi connectivity index (χ3v) is 2.56. The Balaban J connectivity index is 2.48. The number of aromatic nitrogens is 2. The Morgan fingerprint density at radius 1 is 1.41 bits per heavy atom. The van der Waals surface area contributed by atoms with Gasteiger partial charge in [-0.1, -0.05) is 6.92 Å². The van der Waals surface area contributed by atoms with E-state index in [0.29, 0.717) is 23.4 Å². The zero-order valence-corrected chi connectivity index (χ0v) is 9.93. The summed E-state index contributed by atoms with van der Waals surface area (Å²) < 4.78 is 5.12. The fourth-order valence-electron chi connectivity index (χ4n) is 1.71. The summed E-state index contributed by atoms with van der Waals surface area (Å²) in [5.41, 5.74) is 1.33. The second kappa shape index (κ2) is 4.91. The molecule has 0 aliphatic heterocycles. The molecule has 0 saturated heterocycles. The maximum absolute atomic E-state index is 11.8. The van der Waals surface area contributed by atoms with Gasteiger partial charge in [0.2, 0.25) is 5.88 Å². The molecule has 0 amide bonds. The van der Waals surface area contributed by atoms with E-state index >= 15 is 0 Å². The number of methoxy groups -OCH3 is 1. The van der Waals surface area contributed by atoms with E-state index in [2.05, 4.69) is 9.97 Å². The Kier molecular flexibility index (Phi) is 3.32. The zero-order valence-electron chi connectivity index (χ0n) is 9.93. The molecule has 0 saturated carbocycles. The molecule has 2 heterocycles. The molecule has 0 spiro atoms. The molecule has 0 N–H and O–H groups in total. The first-order chi connectivity index (χ1) is 8.26. The Morgan fingerprint density at radius 2 is 2.24 bits per heavy atom. The normalized spacial score (nSPS) is 10.5. The van der Waals surface area contributed by atoms with Gasteiger partial charge in [-0.3, -0.25) is 4.79 Å². The Morgan fingerprint density at radius 3 is 2.94 bits per heavy atom. The van der Waals surface area contributed by atoms with Crippen molar-refractivity contribution in [1.82, 2.24) is 9.97 Å². The van der Waals surface area contributed by atoms with Crippen LogP contribution in [0.4, 0.5) is 0 Å². The molecule has 0 aromatic carbocycles. The van der Waals surface area contributed by atoms with Gasteiger partial charge in [-0.2, -0.15) is 0 Å².